The second-order valence-corrected chi connectivity index (χ2v) is 0. The quantitative estimate of drug-likeness (QED) is 0.381. The normalized spacial score (nSPS) is 0.800. The summed E-state index contributed by atoms with van der Waals surface area (Å²) in [7, 11) is 0. The zero-order valence-electron chi connectivity index (χ0n) is 3.82. The Balaban J connectivity index is -0.00000000167. The molecule has 2 heteroatoms. The van der Waals surface area contributed by atoms with Crippen LogP contribution in [0.2, 0.25) is 0 Å². The van der Waals surface area contributed by atoms with E-state index in [1.165, 1.54) is 0 Å². The summed E-state index contributed by atoms with van der Waals surface area (Å²) >= 11 is 0.700. The molecule has 5 heavy (non-hydrogen) atoms. The van der Waals surface area contributed by atoms with E-state index in [0.29, 0.717) is 19.8 Å². The molecule has 0 heterocycles. The van der Waals surface area contributed by atoms with E-state index in [1.807, 2.05) is 0 Å². The van der Waals surface area contributed by atoms with E-state index in [-0.39, 0.29) is 22.3 Å². The second-order valence-electron chi connectivity index (χ2n) is 0. The molecule has 0 fully saturated rings. The molecule has 0 unspecified atom stereocenters. The summed E-state index contributed by atoms with van der Waals surface area (Å²) in [6, 6.07) is 0. The Labute approximate surface area is 46.0 Å². The molecule has 0 atom stereocenters. The molecular formula is C3H9MoO-3. The first-order valence-corrected chi connectivity index (χ1v) is 0.986. The fourth-order valence-electron chi connectivity index (χ4n) is 0. The molecular weight excluding hydrogens is 148 g/mol. The van der Waals surface area contributed by atoms with Crippen molar-refractivity contribution in [2.24, 2.45) is 0 Å². The molecule has 0 N–H and O–H groups in total. The van der Waals surface area contributed by atoms with Gasteiger partial charge in [0.1, 0.15) is 0 Å². The van der Waals surface area contributed by atoms with Crippen molar-refractivity contribution >= 4 is 0 Å². The minimum absolute atomic E-state index is 0. The van der Waals surface area contributed by atoms with Crippen LogP contribution in [-0.2, 0) is 23.2 Å². The third kappa shape index (κ3) is 117. The second kappa shape index (κ2) is 229. The van der Waals surface area contributed by atoms with Gasteiger partial charge in [-0.15, -0.1) is 0 Å². The van der Waals surface area contributed by atoms with Gasteiger partial charge in [-0.1, -0.05) is 0 Å². The summed E-state index contributed by atoms with van der Waals surface area (Å²) in [6.07, 6.45) is 0. The van der Waals surface area contributed by atoms with Gasteiger partial charge in [0.25, 0.3) is 0 Å². The van der Waals surface area contributed by atoms with E-state index >= 15 is 0 Å². The van der Waals surface area contributed by atoms with Crippen molar-refractivity contribution in [1.29, 1.82) is 0 Å². The van der Waals surface area contributed by atoms with Crippen molar-refractivity contribution < 1.29 is 23.2 Å². The van der Waals surface area contributed by atoms with Gasteiger partial charge < -0.3 is 22.3 Å². The van der Waals surface area contributed by atoms with Crippen LogP contribution < -0.4 is 0 Å². The van der Waals surface area contributed by atoms with Crippen LogP contribution in [0, 0.1) is 22.3 Å². The molecule has 0 aliphatic carbocycles. The predicted octanol–water partition coefficient (Wildman–Crippen LogP) is 1.23. The fraction of sp³-hybridized carbons (Fsp3) is 0. The minimum atomic E-state index is 0. The SMILES string of the molecule is [CH3-].[CH3-].[CH3-].[O]=[Mo]. The maximum atomic E-state index is 8.26. The van der Waals surface area contributed by atoms with Crippen LogP contribution in [0.25, 0.3) is 0 Å². The zero-order valence-corrected chi connectivity index (χ0v) is 5.82. The fourth-order valence-corrected chi connectivity index (χ4v) is 0. The predicted molar refractivity (Wildman–Crippen MR) is 19.9 cm³/mol. The Kier molecular flexibility index (Phi) is 2290. The van der Waals surface area contributed by atoms with Crippen molar-refractivity contribution in [3.8, 4) is 0 Å². The molecule has 0 saturated carbocycles. The van der Waals surface area contributed by atoms with Crippen LogP contribution in [0.1, 0.15) is 0 Å². The number of rotatable bonds is 0. The van der Waals surface area contributed by atoms with Crippen LogP contribution >= 0.6 is 0 Å². The molecule has 0 radical (unpaired) electrons. The Morgan fingerprint density at radius 3 is 0.800 bits per heavy atom. The van der Waals surface area contributed by atoms with E-state index in [1.54, 1.807) is 0 Å². The molecule has 0 aromatic rings. The van der Waals surface area contributed by atoms with Gasteiger partial charge in [-0.25, -0.2) is 0 Å². The van der Waals surface area contributed by atoms with E-state index in [0.717, 1.165) is 0 Å². The van der Waals surface area contributed by atoms with E-state index in [9.17, 15) is 0 Å². The maximum absolute atomic E-state index is 8.26. The molecule has 36 valence electrons. The van der Waals surface area contributed by atoms with Crippen molar-refractivity contribution in [2.45, 2.75) is 0 Å². The molecule has 1 nitrogen and oxygen atoms in total. The Hall–Kier alpha value is 0.488. The standard InChI is InChI=1S/3CH3.Mo.O/h3*1H3;;/q3*-1;;. The van der Waals surface area contributed by atoms with Gasteiger partial charge in [0.05, 0.1) is 0 Å². The third-order valence-electron chi connectivity index (χ3n) is 0. The monoisotopic (exact) mass is 159 g/mol. The number of hydrogen-bond donors (Lipinski definition) is 0. The first-order chi connectivity index (χ1) is 1.00. The van der Waals surface area contributed by atoms with Crippen LogP contribution in [0.5, 0.6) is 0 Å². The van der Waals surface area contributed by atoms with Gasteiger partial charge in [-0.05, 0) is 0 Å². The van der Waals surface area contributed by atoms with Crippen LogP contribution in [0.15, 0.2) is 0 Å². The molecule has 0 bridgehead atoms. The average molecular weight is 157 g/mol. The zero-order chi connectivity index (χ0) is 2.00. The molecule has 0 amide bonds. The molecule has 0 aromatic heterocycles. The Morgan fingerprint density at radius 1 is 0.800 bits per heavy atom. The molecule has 0 saturated heterocycles. The van der Waals surface area contributed by atoms with Gasteiger partial charge in [0.15, 0.2) is 0 Å². The van der Waals surface area contributed by atoms with Crippen molar-refractivity contribution in [1.82, 2.24) is 0 Å². The van der Waals surface area contributed by atoms with Crippen LogP contribution in [0.3, 0.4) is 0 Å². The van der Waals surface area contributed by atoms with Gasteiger partial charge in [-0.3, -0.25) is 0 Å². The average Bonchev–Trinajstić information content (AvgIpc) is 1.00. The molecule has 0 aliphatic heterocycles. The first kappa shape index (κ1) is 49.9. The van der Waals surface area contributed by atoms with E-state index < -0.39 is 0 Å². The summed E-state index contributed by atoms with van der Waals surface area (Å²) in [6.45, 7) is 0. The summed E-state index contributed by atoms with van der Waals surface area (Å²) in [5.41, 5.74) is 0. The number of hydrogen-bond acceptors (Lipinski definition) is 1. The van der Waals surface area contributed by atoms with Crippen LogP contribution in [-0.4, -0.2) is 0 Å². The van der Waals surface area contributed by atoms with Crippen LogP contribution in [0.4, 0.5) is 0 Å². The summed E-state index contributed by atoms with van der Waals surface area (Å²) < 4.78 is 8.26. The van der Waals surface area contributed by atoms with Gasteiger partial charge in [-0.2, -0.15) is 0 Å². The van der Waals surface area contributed by atoms with Gasteiger partial charge >= 0.3 is 23.2 Å². The molecule has 0 aromatic carbocycles. The summed E-state index contributed by atoms with van der Waals surface area (Å²) in [4.78, 5) is 0. The van der Waals surface area contributed by atoms with Crippen molar-refractivity contribution in [2.75, 3.05) is 0 Å². The molecule has 0 spiro atoms. The Morgan fingerprint density at radius 2 is 0.800 bits per heavy atom. The van der Waals surface area contributed by atoms with Crippen molar-refractivity contribution in [3.05, 3.63) is 22.3 Å². The van der Waals surface area contributed by atoms with E-state index in [2.05, 4.69) is 0 Å². The topological polar surface area (TPSA) is 17.1 Å². The molecule has 0 rings (SSSR count). The first-order valence-electron chi connectivity index (χ1n) is 0.167. The third-order valence-corrected chi connectivity index (χ3v) is 0. The summed E-state index contributed by atoms with van der Waals surface area (Å²) in [5, 5.41) is 0. The van der Waals surface area contributed by atoms with E-state index in [4.69, 9.17) is 3.40 Å². The van der Waals surface area contributed by atoms with Crippen molar-refractivity contribution in [3.63, 3.8) is 0 Å². The van der Waals surface area contributed by atoms with Gasteiger partial charge in [0.2, 0.25) is 0 Å². The summed E-state index contributed by atoms with van der Waals surface area (Å²) in [5.74, 6) is 0. The molecule has 0 aliphatic rings. The Bertz CT molecular complexity index is 6.85. The van der Waals surface area contributed by atoms with Gasteiger partial charge in [0, 0.05) is 0 Å².